The maximum atomic E-state index is 5.27. The van der Waals surface area contributed by atoms with Gasteiger partial charge in [-0.1, -0.05) is 12.1 Å². The minimum Gasteiger partial charge on any atom is -0.497 e. The zero-order valence-corrected chi connectivity index (χ0v) is 17.1. The Morgan fingerprint density at radius 3 is 2.50 bits per heavy atom. The predicted molar refractivity (Wildman–Crippen MR) is 110 cm³/mol. The summed E-state index contributed by atoms with van der Waals surface area (Å²) < 4.78 is 5.27. The third-order valence-electron chi connectivity index (χ3n) is 4.86. The minimum atomic E-state index is 0. The van der Waals surface area contributed by atoms with Gasteiger partial charge in [-0.15, -0.1) is 24.0 Å². The molecule has 3 rings (SSSR count). The van der Waals surface area contributed by atoms with Crippen LogP contribution in [0.5, 0.6) is 5.75 Å². The minimum absolute atomic E-state index is 0. The number of hydrogen-bond acceptors (Lipinski definition) is 2. The van der Waals surface area contributed by atoms with Crippen molar-refractivity contribution in [1.82, 2.24) is 10.6 Å². The number of aliphatic imine (C=N–C) groups is 1. The number of ether oxygens (including phenoxy) is 1. The van der Waals surface area contributed by atoms with Crippen LogP contribution in [0.1, 0.15) is 38.2 Å². The van der Waals surface area contributed by atoms with E-state index in [1.807, 2.05) is 18.2 Å². The molecular formula is C19H30IN3O. The second kappa shape index (κ2) is 9.49. The summed E-state index contributed by atoms with van der Waals surface area (Å²) in [5, 5.41) is 6.93. The number of nitrogens with one attached hydrogen (secondary N) is 2. The molecular weight excluding hydrogens is 413 g/mol. The SMILES string of the molecule is CCNC(=NCc1cccc(OC)c1)NCC(C1CC1)C1CC1.I. The molecule has 0 heterocycles. The van der Waals surface area contributed by atoms with E-state index in [4.69, 9.17) is 9.73 Å². The summed E-state index contributed by atoms with van der Waals surface area (Å²) in [4.78, 5) is 4.73. The van der Waals surface area contributed by atoms with Gasteiger partial charge in [0, 0.05) is 13.1 Å². The lowest BCUT2D eigenvalue weighted by atomic mass is 9.98. The van der Waals surface area contributed by atoms with E-state index in [9.17, 15) is 0 Å². The first-order valence-electron chi connectivity index (χ1n) is 8.95. The van der Waals surface area contributed by atoms with E-state index in [2.05, 4.69) is 23.6 Å². The Morgan fingerprint density at radius 2 is 1.92 bits per heavy atom. The Labute approximate surface area is 162 Å². The molecule has 0 bridgehead atoms. The van der Waals surface area contributed by atoms with E-state index in [0.29, 0.717) is 6.54 Å². The lowest BCUT2D eigenvalue weighted by Gasteiger charge is -2.18. The molecule has 0 spiro atoms. The molecule has 0 unspecified atom stereocenters. The monoisotopic (exact) mass is 443 g/mol. The van der Waals surface area contributed by atoms with E-state index in [1.54, 1.807) is 7.11 Å². The normalized spacial score (nSPS) is 17.4. The van der Waals surface area contributed by atoms with Gasteiger partial charge in [0.2, 0.25) is 0 Å². The number of guanidine groups is 1. The summed E-state index contributed by atoms with van der Waals surface area (Å²) in [7, 11) is 1.70. The molecule has 1 aromatic rings. The molecule has 0 amide bonds. The Morgan fingerprint density at radius 1 is 1.21 bits per heavy atom. The smallest absolute Gasteiger partial charge is 0.191 e. The third kappa shape index (κ3) is 5.83. The highest BCUT2D eigenvalue weighted by molar-refractivity contribution is 14.0. The molecule has 2 aliphatic rings. The lowest BCUT2D eigenvalue weighted by molar-refractivity contribution is 0.400. The highest BCUT2D eigenvalue weighted by Crippen LogP contribution is 2.48. The van der Waals surface area contributed by atoms with Gasteiger partial charge in [0.1, 0.15) is 5.75 Å². The Kier molecular flexibility index (Phi) is 7.65. The van der Waals surface area contributed by atoms with Crippen LogP contribution < -0.4 is 15.4 Å². The number of halogens is 1. The van der Waals surface area contributed by atoms with E-state index >= 15 is 0 Å². The largest absolute Gasteiger partial charge is 0.497 e. The van der Waals surface area contributed by atoms with Crippen LogP contribution in [0.2, 0.25) is 0 Å². The van der Waals surface area contributed by atoms with Crippen molar-refractivity contribution in [2.45, 2.75) is 39.2 Å². The van der Waals surface area contributed by atoms with Crippen LogP contribution in [0.4, 0.5) is 0 Å². The van der Waals surface area contributed by atoms with Crippen LogP contribution in [0, 0.1) is 17.8 Å². The fraction of sp³-hybridized carbons (Fsp3) is 0.632. The standard InChI is InChI=1S/C19H29N3O.HI/c1-3-20-19(21-12-14-5-4-6-17(11-14)23-2)22-13-18(15-7-8-15)16-9-10-16;/h4-6,11,15-16,18H,3,7-10,12-13H2,1-2H3,(H2,20,21,22);1H. The molecule has 1 aromatic carbocycles. The van der Waals surface area contributed by atoms with Crippen molar-refractivity contribution >= 4 is 29.9 Å². The fourth-order valence-electron chi connectivity index (χ4n) is 3.26. The maximum Gasteiger partial charge on any atom is 0.191 e. The molecule has 2 fully saturated rings. The van der Waals surface area contributed by atoms with Crippen LogP contribution in [0.25, 0.3) is 0 Å². The van der Waals surface area contributed by atoms with Crippen molar-refractivity contribution in [2.24, 2.45) is 22.7 Å². The topological polar surface area (TPSA) is 45.7 Å². The molecule has 24 heavy (non-hydrogen) atoms. The maximum absolute atomic E-state index is 5.27. The highest BCUT2D eigenvalue weighted by atomic mass is 127. The first-order valence-corrected chi connectivity index (χ1v) is 8.95. The number of methoxy groups -OCH3 is 1. The van der Waals surface area contributed by atoms with Gasteiger partial charge in [0.25, 0.3) is 0 Å². The predicted octanol–water partition coefficient (Wildman–Crippen LogP) is 3.80. The van der Waals surface area contributed by atoms with Gasteiger partial charge in [-0.3, -0.25) is 0 Å². The van der Waals surface area contributed by atoms with Crippen LogP contribution >= 0.6 is 24.0 Å². The second-order valence-electron chi connectivity index (χ2n) is 6.77. The zero-order chi connectivity index (χ0) is 16.1. The molecule has 2 aliphatic carbocycles. The summed E-state index contributed by atoms with van der Waals surface area (Å²) in [5.74, 6) is 4.61. The quantitative estimate of drug-likeness (QED) is 0.365. The molecule has 0 radical (unpaired) electrons. The molecule has 134 valence electrons. The Bertz CT molecular complexity index is 529. The Hall–Kier alpha value is -0.980. The van der Waals surface area contributed by atoms with Crippen molar-refractivity contribution in [2.75, 3.05) is 20.2 Å². The summed E-state index contributed by atoms with van der Waals surface area (Å²) in [6.07, 6.45) is 5.72. The molecule has 2 saturated carbocycles. The summed E-state index contributed by atoms with van der Waals surface area (Å²) >= 11 is 0. The fourth-order valence-corrected chi connectivity index (χ4v) is 3.26. The van der Waals surface area contributed by atoms with Crippen LogP contribution in [0.15, 0.2) is 29.3 Å². The number of rotatable bonds is 8. The van der Waals surface area contributed by atoms with Gasteiger partial charge in [-0.2, -0.15) is 0 Å². The molecule has 0 aromatic heterocycles. The first-order chi connectivity index (χ1) is 11.3. The summed E-state index contributed by atoms with van der Waals surface area (Å²) in [6.45, 7) is 4.74. The molecule has 2 N–H and O–H groups in total. The second-order valence-corrected chi connectivity index (χ2v) is 6.77. The van der Waals surface area contributed by atoms with E-state index in [-0.39, 0.29) is 24.0 Å². The van der Waals surface area contributed by atoms with Crippen molar-refractivity contribution in [3.05, 3.63) is 29.8 Å². The van der Waals surface area contributed by atoms with Gasteiger partial charge in [-0.25, -0.2) is 4.99 Å². The number of hydrogen-bond donors (Lipinski definition) is 2. The molecule has 0 atom stereocenters. The average Bonchev–Trinajstić information content (AvgIpc) is 3.46. The van der Waals surface area contributed by atoms with Gasteiger partial charge in [0.05, 0.1) is 13.7 Å². The zero-order valence-electron chi connectivity index (χ0n) is 14.8. The molecule has 0 aliphatic heterocycles. The molecule has 5 heteroatoms. The van der Waals surface area contributed by atoms with E-state index < -0.39 is 0 Å². The first kappa shape index (κ1) is 19.3. The van der Waals surface area contributed by atoms with Gasteiger partial charge >= 0.3 is 0 Å². The molecule has 0 saturated heterocycles. The van der Waals surface area contributed by atoms with Crippen molar-refractivity contribution in [1.29, 1.82) is 0 Å². The summed E-state index contributed by atoms with van der Waals surface area (Å²) in [6, 6.07) is 8.11. The number of benzene rings is 1. The van der Waals surface area contributed by atoms with Crippen molar-refractivity contribution < 1.29 is 4.74 Å². The van der Waals surface area contributed by atoms with E-state index in [1.165, 1.54) is 31.2 Å². The highest BCUT2D eigenvalue weighted by Gasteiger charge is 2.41. The summed E-state index contributed by atoms with van der Waals surface area (Å²) in [5.41, 5.74) is 1.17. The van der Waals surface area contributed by atoms with Crippen LogP contribution in [0.3, 0.4) is 0 Å². The van der Waals surface area contributed by atoms with Gasteiger partial charge in [-0.05, 0) is 68.1 Å². The van der Waals surface area contributed by atoms with Crippen LogP contribution in [-0.4, -0.2) is 26.2 Å². The van der Waals surface area contributed by atoms with Gasteiger partial charge < -0.3 is 15.4 Å². The van der Waals surface area contributed by atoms with Crippen molar-refractivity contribution in [3.8, 4) is 5.75 Å². The average molecular weight is 443 g/mol. The lowest BCUT2D eigenvalue weighted by Crippen LogP contribution is -2.40. The van der Waals surface area contributed by atoms with Crippen molar-refractivity contribution in [3.63, 3.8) is 0 Å². The van der Waals surface area contributed by atoms with E-state index in [0.717, 1.165) is 42.6 Å². The molecule has 4 nitrogen and oxygen atoms in total. The Balaban J connectivity index is 0.00000208. The van der Waals surface area contributed by atoms with Crippen LogP contribution in [-0.2, 0) is 6.54 Å². The third-order valence-corrected chi connectivity index (χ3v) is 4.86. The van der Waals surface area contributed by atoms with Gasteiger partial charge in [0.15, 0.2) is 5.96 Å². The number of nitrogens with zero attached hydrogens (tertiary/aromatic N) is 1.